The lowest BCUT2D eigenvalue weighted by atomic mass is 9.93. The Morgan fingerprint density at radius 3 is 2.58 bits per heavy atom. The van der Waals surface area contributed by atoms with Crippen LogP contribution in [-0.4, -0.2) is 60.4 Å². The molecule has 0 aliphatic carbocycles. The summed E-state index contributed by atoms with van der Waals surface area (Å²) in [6.45, 7) is 5.17. The van der Waals surface area contributed by atoms with Gasteiger partial charge in [0, 0.05) is 5.92 Å². The van der Waals surface area contributed by atoms with Gasteiger partial charge in [0.05, 0.1) is 19.6 Å². The Balaban J connectivity index is 1.41. The molecule has 130 valence electrons. The number of aryl methyl sites for hydroxylation is 1. The average Bonchev–Trinajstić information content (AvgIpc) is 2.50. The van der Waals surface area contributed by atoms with E-state index < -0.39 is 0 Å². The molecule has 2 heterocycles. The number of nitrogens with two attached hydrogens (primary N) is 1. The van der Waals surface area contributed by atoms with Crippen molar-refractivity contribution in [2.24, 2.45) is 11.7 Å². The Morgan fingerprint density at radius 2 is 1.96 bits per heavy atom. The van der Waals surface area contributed by atoms with Crippen molar-refractivity contribution in [3.05, 3.63) is 29.8 Å². The van der Waals surface area contributed by atoms with Gasteiger partial charge in [-0.15, -0.1) is 0 Å². The van der Waals surface area contributed by atoms with Crippen LogP contribution in [0, 0.1) is 12.8 Å². The molecule has 2 amide bonds. The van der Waals surface area contributed by atoms with Crippen molar-refractivity contribution in [1.82, 2.24) is 9.80 Å². The van der Waals surface area contributed by atoms with E-state index in [9.17, 15) is 9.59 Å². The Kier molecular flexibility index (Phi) is 5.04. The lowest BCUT2D eigenvalue weighted by Gasteiger charge is -2.42. The molecule has 2 saturated heterocycles. The summed E-state index contributed by atoms with van der Waals surface area (Å²) in [6.07, 6.45) is 1.68. The van der Waals surface area contributed by atoms with E-state index in [1.165, 1.54) is 5.56 Å². The minimum absolute atomic E-state index is 0.0639. The number of amides is 2. The first-order chi connectivity index (χ1) is 11.5. The number of hydrogen-bond acceptors (Lipinski definition) is 4. The molecule has 0 aromatic heterocycles. The van der Waals surface area contributed by atoms with Crippen molar-refractivity contribution in [1.29, 1.82) is 0 Å². The molecule has 1 aromatic rings. The van der Waals surface area contributed by atoms with Crippen molar-refractivity contribution in [3.63, 3.8) is 0 Å². The third-order valence-corrected chi connectivity index (χ3v) is 4.77. The number of primary amides is 1. The van der Waals surface area contributed by atoms with E-state index in [2.05, 4.69) is 0 Å². The second kappa shape index (κ2) is 7.21. The minimum Gasteiger partial charge on any atom is -0.487 e. The van der Waals surface area contributed by atoms with E-state index in [1.54, 1.807) is 0 Å². The Labute approximate surface area is 142 Å². The zero-order valence-electron chi connectivity index (χ0n) is 14.1. The first-order valence-corrected chi connectivity index (χ1v) is 8.54. The number of piperidine rings is 1. The summed E-state index contributed by atoms with van der Waals surface area (Å²) in [5, 5.41) is 0. The second-order valence-electron chi connectivity index (χ2n) is 6.82. The van der Waals surface area contributed by atoms with Gasteiger partial charge in [-0.05, 0) is 50.6 Å². The van der Waals surface area contributed by atoms with Gasteiger partial charge >= 0.3 is 0 Å². The molecule has 3 rings (SSSR count). The predicted molar refractivity (Wildman–Crippen MR) is 90.5 cm³/mol. The maximum atomic E-state index is 12.5. The van der Waals surface area contributed by atoms with E-state index in [-0.39, 0.29) is 30.4 Å². The summed E-state index contributed by atoms with van der Waals surface area (Å²) in [5.74, 6) is 0.845. The Bertz CT molecular complexity index is 605. The van der Waals surface area contributed by atoms with Crippen LogP contribution in [0.5, 0.6) is 5.75 Å². The first-order valence-electron chi connectivity index (χ1n) is 8.54. The van der Waals surface area contributed by atoms with Crippen molar-refractivity contribution in [3.8, 4) is 5.75 Å². The van der Waals surface area contributed by atoms with Crippen molar-refractivity contribution < 1.29 is 14.3 Å². The lowest BCUT2D eigenvalue weighted by Crippen LogP contribution is -2.58. The normalized spacial score (nSPS) is 19.8. The molecule has 0 spiro atoms. The Morgan fingerprint density at radius 1 is 1.25 bits per heavy atom. The predicted octanol–water partition coefficient (Wildman–Crippen LogP) is 0.782. The summed E-state index contributed by atoms with van der Waals surface area (Å²) in [6, 6.07) is 7.98. The molecule has 2 aliphatic rings. The van der Waals surface area contributed by atoms with Crippen molar-refractivity contribution >= 4 is 11.8 Å². The summed E-state index contributed by atoms with van der Waals surface area (Å²) < 4.78 is 5.91. The van der Waals surface area contributed by atoms with E-state index in [4.69, 9.17) is 10.5 Å². The van der Waals surface area contributed by atoms with Gasteiger partial charge < -0.3 is 15.4 Å². The molecule has 0 radical (unpaired) electrons. The van der Waals surface area contributed by atoms with E-state index >= 15 is 0 Å². The van der Waals surface area contributed by atoms with E-state index in [0.717, 1.165) is 31.7 Å². The van der Waals surface area contributed by atoms with Crippen LogP contribution in [0.15, 0.2) is 24.3 Å². The number of rotatable bonds is 5. The summed E-state index contributed by atoms with van der Waals surface area (Å²) in [7, 11) is 0. The van der Waals surface area contributed by atoms with Crippen molar-refractivity contribution in [2.45, 2.75) is 25.9 Å². The van der Waals surface area contributed by atoms with Gasteiger partial charge in [-0.25, -0.2) is 0 Å². The highest BCUT2D eigenvalue weighted by Crippen LogP contribution is 2.24. The maximum absolute atomic E-state index is 12.5. The quantitative estimate of drug-likeness (QED) is 0.865. The Hall–Kier alpha value is -2.08. The number of ether oxygens (including phenoxy) is 1. The van der Waals surface area contributed by atoms with Crippen LogP contribution in [0.4, 0.5) is 0 Å². The standard InChI is InChI=1S/C18H25N3O3/c1-13-3-2-4-15(9-13)24-16-10-21(11-16)18(23)14-5-7-20(8-6-14)12-17(19)22/h2-4,9,14,16H,5-8,10-12H2,1H3,(H2,19,22). The van der Waals surface area contributed by atoms with Crippen LogP contribution in [0.1, 0.15) is 18.4 Å². The molecule has 24 heavy (non-hydrogen) atoms. The lowest BCUT2D eigenvalue weighted by molar-refractivity contribution is -0.146. The SMILES string of the molecule is Cc1cccc(OC2CN(C(=O)C3CCN(CC(N)=O)CC3)C2)c1. The first kappa shape index (κ1) is 16.8. The number of nitrogens with zero attached hydrogens (tertiary/aromatic N) is 2. The monoisotopic (exact) mass is 331 g/mol. The summed E-state index contributed by atoms with van der Waals surface area (Å²) in [4.78, 5) is 27.4. The van der Waals surface area contributed by atoms with Crippen LogP contribution in [-0.2, 0) is 9.59 Å². The van der Waals surface area contributed by atoms with Crippen LogP contribution in [0.25, 0.3) is 0 Å². The van der Waals surface area contributed by atoms with Gasteiger partial charge in [0.25, 0.3) is 0 Å². The zero-order valence-corrected chi connectivity index (χ0v) is 14.1. The summed E-state index contributed by atoms with van der Waals surface area (Å²) in [5.41, 5.74) is 6.38. The molecule has 1 aromatic carbocycles. The van der Waals surface area contributed by atoms with Crippen LogP contribution < -0.4 is 10.5 Å². The minimum atomic E-state index is -0.307. The number of likely N-dealkylation sites (tertiary alicyclic amines) is 2. The van der Waals surface area contributed by atoms with Gasteiger partial charge in [-0.1, -0.05) is 12.1 Å². The van der Waals surface area contributed by atoms with Crippen LogP contribution in [0.2, 0.25) is 0 Å². The molecule has 2 fully saturated rings. The highest BCUT2D eigenvalue weighted by atomic mass is 16.5. The molecular formula is C18H25N3O3. The van der Waals surface area contributed by atoms with Gasteiger partial charge in [0.15, 0.2) is 0 Å². The number of carbonyl (C=O) groups excluding carboxylic acids is 2. The van der Waals surface area contributed by atoms with Gasteiger partial charge in [0.1, 0.15) is 11.9 Å². The highest BCUT2D eigenvalue weighted by molar-refractivity contribution is 5.80. The fourth-order valence-corrected chi connectivity index (χ4v) is 3.39. The molecular weight excluding hydrogens is 306 g/mol. The smallest absolute Gasteiger partial charge is 0.231 e. The van der Waals surface area contributed by atoms with Crippen molar-refractivity contribution in [2.75, 3.05) is 32.7 Å². The molecule has 0 saturated carbocycles. The molecule has 2 aliphatic heterocycles. The fraction of sp³-hybridized carbons (Fsp3) is 0.556. The fourth-order valence-electron chi connectivity index (χ4n) is 3.39. The topological polar surface area (TPSA) is 75.9 Å². The molecule has 0 unspecified atom stereocenters. The largest absolute Gasteiger partial charge is 0.487 e. The highest BCUT2D eigenvalue weighted by Gasteiger charge is 2.37. The molecule has 6 nitrogen and oxygen atoms in total. The van der Waals surface area contributed by atoms with Gasteiger partial charge in [0.2, 0.25) is 11.8 Å². The number of carbonyl (C=O) groups is 2. The van der Waals surface area contributed by atoms with Crippen LogP contribution >= 0.6 is 0 Å². The van der Waals surface area contributed by atoms with Gasteiger partial charge in [-0.3, -0.25) is 14.5 Å². The summed E-state index contributed by atoms with van der Waals surface area (Å²) >= 11 is 0. The van der Waals surface area contributed by atoms with Gasteiger partial charge in [-0.2, -0.15) is 0 Å². The maximum Gasteiger partial charge on any atom is 0.231 e. The van der Waals surface area contributed by atoms with Crippen LogP contribution in [0.3, 0.4) is 0 Å². The molecule has 0 bridgehead atoms. The zero-order chi connectivity index (χ0) is 17.1. The second-order valence-corrected chi connectivity index (χ2v) is 6.82. The number of benzene rings is 1. The molecule has 0 atom stereocenters. The molecule has 6 heteroatoms. The third kappa shape index (κ3) is 4.06. The van der Waals surface area contributed by atoms with E-state index in [1.807, 2.05) is 41.0 Å². The van der Waals surface area contributed by atoms with E-state index in [0.29, 0.717) is 13.1 Å². The average molecular weight is 331 g/mol. The third-order valence-electron chi connectivity index (χ3n) is 4.77. The number of hydrogen-bond donors (Lipinski definition) is 1. The molecule has 2 N–H and O–H groups in total.